The van der Waals surface area contributed by atoms with E-state index in [0.717, 1.165) is 37.6 Å². The van der Waals surface area contributed by atoms with Crippen LogP contribution in [0.3, 0.4) is 0 Å². The summed E-state index contributed by atoms with van der Waals surface area (Å²) in [6, 6.07) is 1.57. The van der Waals surface area contributed by atoms with E-state index in [2.05, 4.69) is 14.9 Å². The SMILES string of the molecule is CC(C)c1nc(N2CCC3(CC2)OCCO3)cc(=O)[nH]1. The molecule has 1 spiro atoms. The Morgan fingerprint density at radius 2 is 1.95 bits per heavy atom. The fourth-order valence-corrected chi connectivity index (χ4v) is 2.76. The van der Waals surface area contributed by atoms with E-state index in [-0.39, 0.29) is 11.5 Å². The van der Waals surface area contributed by atoms with Gasteiger partial charge in [-0.3, -0.25) is 4.79 Å². The van der Waals surface area contributed by atoms with Crippen LogP contribution in [0.2, 0.25) is 0 Å². The zero-order valence-electron chi connectivity index (χ0n) is 12.0. The highest BCUT2D eigenvalue weighted by atomic mass is 16.7. The van der Waals surface area contributed by atoms with Crippen LogP contribution in [0.4, 0.5) is 5.82 Å². The highest BCUT2D eigenvalue weighted by Crippen LogP contribution is 2.32. The molecule has 2 aliphatic rings. The second-order valence-electron chi connectivity index (χ2n) is 5.74. The first-order valence-electron chi connectivity index (χ1n) is 7.22. The van der Waals surface area contributed by atoms with Crippen LogP contribution in [0.25, 0.3) is 0 Å². The van der Waals surface area contributed by atoms with E-state index < -0.39 is 5.79 Å². The Hall–Kier alpha value is -1.40. The Bertz CT molecular complexity index is 525. The number of nitrogens with one attached hydrogen (secondary N) is 1. The summed E-state index contributed by atoms with van der Waals surface area (Å²) in [5.41, 5.74) is -0.0904. The van der Waals surface area contributed by atoms with Gasteiger partial charge in [0.1, 0.15) is 11.6 Å². The molecule has 0 unspecified atom stereocenters. The number of hydrogen-bond acceptors (Lipinski definition) is 5. The quantitative estimate of drug-likeness (QED) is 0.882. The summed E-state index contributed by atoms with van der Waals surface area (Å²) in [6.07, 6.45) is 1.64. The van der Waals surface area contributed by atoms with E-state index in [0.29, 0.717) is 13.2 Å². The Balaban J connectivity index is 1.76. The van der Waals surface area contributed by atoms with E-state index in [9.17, 15) is 4.79 Å². The molecule has 6 nitrogen and oxygen atoms in total. The normalized spacial score (nSPS) is 21.9. The summed E-state index contributed by atoms with van der Waals surface area (Å²) >= 11 is 0. The van der Waals surface area contributed by atoms with Crippen LogP contribution in [0.15, 0.2) is 10.9 Å². The Morgan fingerprint density at radius 1 is 1.30 bits per heavy atom. The fraction of sp³-hybridized carbons (Fsp3) is 0.714. The highest BCUT2D eigenvalue weighted by molar-refractivity contribution is 5.38. The zero-order chi connectivity index (χ0) is 14.2. The Labute approximate surface area is 118 Å². The molecule has 2 fully saturated rings. The molecule has 20 heavy (non-hydrogen) atoms. The average Bonchev–Trinajstić information content (AvgIpc) is 2.87. The van der Waals surface area contributed by atoms with E-state index in [1.807, 2.05) is 13.8 Å². The lowest BCUT2D eigenvalue weighted by atomic mass is 10.0. The second-order valence-corrected chi connectivity index (χ2v) is 5.74. The molecule has 1 N–H and O–H groups in total. The van der Waals surface area contributed by atoms with Crippen molar-refractivity contribution in [3.8, 4) is 0 Å². The maximum atomic E-state index is 11.7. The van der Waals surface area contributed by atoms with E-state index in [4.69, 9.17) is 9.47 Å². The lowest BCUT2D eigenvalue weighted by Gasteiger charge is -2.38. The number of aromatic nitrogens is 2. The number of rotatable bonds is 2. The minimum absolute atomic E-state index is 0.0904. The standard InChI is InChI=1S/C14H21N3O3/c1-10(2)13-15-11(9-12(18)16-13)17-5-3-14(4-6-17)19-7-8-20-14/h9-10H,3-8H2,1-2H3,(H,15,16,18). The molecule has 0 amide bonds. The van der Waals surface area contributed by atoms with Crippen molar-refractivity contribution in [3.63, 3.8) is 0 Å². The van der Waals surface area contributed by atoms with Crippen LogP contribution in [0.1, 0.15) is 38.4 Å². The lowest BCUT2D eigenvalue weighted by molar-refractivity contribution is -0.169. The lowest BCUT2D eigenvalue weighted by Crippen LogP contribution is -2.45. The zero-order valence-corrected chi connectivity index (χ0v) is 12.0. The van der Waals surface area contributed by atoms with Gasteiger partial charge in [0.05, 0.1) is 13.2 Å². The first kappa shape index (κ1) is 13.6. The molecule has 0 radical (unpaired) electrons. The maximum Gasteiger partial charge on any atom is 0.252 e. The molecule has 1 aromatic rings. The minimum atomic E-state index is -0.390. The third-order valence-corrected chi connectivity index (χ3v) is 3.96. The number of anilines is 1. The molecule has 1 aromatic heterocycles. The maximum absolute atomic E-state index is 11.7. The van der Waals surface area contributed by atoms with Crippen LogP contribution >= 0.6 is 0 Å². The van der Waals surface area contributed by atoms with Gasteiger partial charge < -0.3 is 19.4 Å². The molecule has 2 saturated heterocycles. The molecule has 0 bridgehead atoms. The van der Waals surface area contributed by atoms with Gasteiger partial charge in [0.25, 0.3) is 5.56 Å². The first-order valence-corrected chi connectivity index (χ1v) is 7.22. The molecule has 6 heteroatoms. The number of ether oxygens (including phenoxy) is 2. The molecule has 0 aliphatic carbocycles. The molecule has 0 aromatic carbocycles. The molecule has 0 saturated carbocycles. The van der Waals surface area contributed by atoms with Gasteiger partial charge in [0, 0.05) is 37.9 Å². The average molecular weight is 279 g/mol. The topological polar surface area (TPSA) is 67.5 Å². The predicted molar refractivity (Wildman–Crippen MR) is 75.0 cm³/mol. The Morgan fingerprint density at radius 3 is 2.55 bits per heavy atom. The Kier molecular flexibility index (Phi) is 3.52. The van der Waals surface area contributed by atoms with Gasteiger partial charge in [-0.05, 0) is 0 Å². The van der Waals surface area contributed by atoms with E-state index >= 15 is 0 Å². The largest absolute Gasteiger partial charge is 0.356 e. The molecule has 3 heterocycles. The molecule has 3 rings (SSSR count). The molecule has 2 aliphatic heterocycles. The van der Waals surface area contributed by atoms with Gasteiger partial charge in [-0.15, -0.1) is 0 Å². The smallest absolute Gasteiger partial charge is 0.252 e. The van der Waals surface area contributed by atoms with Crippen molar-refractivity contribution in [2.24, 2.45) is 0 Å². The van der Waals surface area contributed by atoms with Crippen LogP contribution in [0, 0.1) is 0 Å². The summed E-state index contributed by atoms with van der Waals surface area (Å²) in [4.78, 5) is 21.2. The van der Waals surface area contributed by atoms with Gasteiger partial charge in [-0.25, -0.2) is 4.98 Å². The fourth-order valence-electron chi connectivity index (χ4n) is 2.76. The van der Waals surface area contributed by atoms with Crippen molar-refractivity contribution < 1.29 is 9.47 Å². The highest BCUT2D eigenvalue weighted by Gasteiger charge is 2.40. The van der Waals surface area contributed by atoms with Crippen molar-refractivity contribution in [2.75, 3.05) is 31.2 Å². The van der Waals surface area contributed by atoms with Crippen molar-refractivity contribution in [3.05, 3.63) is 22.2 Å². The van der Waals surface area contributed by atoms with E-state index in [1.54, 1.807) is 6.07 Å². The van der Waals surface area contributed by atoms with Crippen molar-refractivity contribution in [2.45, 2.75) is 38.4 Å². The number of nitrogens with zero attached hydrogens (tertiary/aromatic N) is 2. The van der Waals surface area contributed by atoms with Crippen molar-refractivity contribution >= 4 is 5.82 Å². The van der Waals surface area contributed by atoms with Gasteiger partial charge in [-0.1, -0.05) is 13.8 Å². The number of aromatic amines is 1. The van der Waals surface area contributed by atoms with Gasteiger partial charge in [-0.2, -0.15) is 0 Å². The van der Waals surface area contributed by atoms with Crippen LogP contribution in [0.5, 0.6) is 0 Å². The van der Waals surface area contributed by atoms with Crippen LogP contribution in [-0.2, 0) is 9.47 Å². The van der Waals surface area contributed by atoms with Crippen molar-refractivity contribution in [1.29, 1.82) is 0 Å². The summed E-state index contributed by atoms with van der Waals surface area (Å²) in [6.45, 7) is 7.00. The summed E-state index contributed by atoms with van der Waals surface area (Å²) in [5, 5.41) is 0. The first-order chi connectivity index (χ1) is 9.58. The minimum Gasteiger partial charge on any atom is -0.356 e. The second kappa shape index (κ2) is 5.18. The third kappa shape index (κ3) is 2.58. The van der Waals surface area contributed by atoms with E-state index in [1.165, 1.54) is 0 Å². The number of H-pyrrole nitrogens is 1. The van der Waals surface area contributed by atoms with Crippen molar-refractivity contribution in [1.82, 2.24) is 9.97 Å². The van der Waals surface area contributed by atoms with Crippen LogP contribution < -0.4 is 10.5 Å². The summed E-state index contributed by atoms with van der Waals surface area (Å²) < 4.78 is 11.4. The summed E-state index contributed by atoms with van der Waals surface area (Å²) in [5.74, 6) is 1.31. The number of piperidine rings is 1. The monoisotopic (exact) mass is 279 g/mol. The van der Waals surface area contributed by atoms with Gasteiger partial charge >= 0.3 is 0 Å². The van der Waals surface area contributed by atoms with Crippen LogP contribution in [-0.4, -0.2) is 42.1 Å². The van der Waals surface area contributed by atoms with Gasteiger partial charge in [0.15, 0.2) is 5.79 Å². The number of hydrogen-bond donors (Lipinski definition) is 1. The molecular weight excluding hydrogens is 258 g/mol. The molecular formula is C14H21N3O3. The predicted octanol–water partition coefficient (Wildman–Crippen LogP) is 1.24. The third-order valence-electron chi connectivity index (χ3n) is 3.96. The summed E-state index contributed by atoms with van der Waals surface area (Å²) in [7, 11) is 0. The van der Waals surface area contributed by atoms with Gasteiger partial charge in [0.2, 0.25) is 0 Å². The molecule has 0 atom stereocenters. The molecule has 110 valence electrons.